The second-order valence-electron chi connectivity index (χ2n) is 6.54. The van der Waals surface area contributed by atoms with Gasteiger partial charge >= 0.3 is 0 Å². The van der Waals surface area contributed by atoms with E-state index in [9.17, 15) is 4.79 Å². The zero-order valence-electron chi connectivity index (χ0n) is 15.4. The molecule has 0 saturated carbocycles. The van der Waals surface area contributed by atoms with Gasteiger partial charge in [0, 0.05) is 38.3 Å². The van der Waals surface area contributed by atoms with Crippen molar-refractivity contribution < 1.29 is 9.53 Å². The summed E-state index contributed by atoms with van der Waals surface area (Å²) < 4.78 is 7.21. The Morgan fingerprint density at radius 3 is 2.88 bits per heavy atom. The van der Waals surface area contributed by atoms with E-state index in [1.165, 1.54) is 0 Å². The lowest BCUT2D eigenvalue weighted by atomic mass is 10.1. The van der Waals surface area contributed by atoms with Crippen LogP contribution < -0.4 is 15.0 Å². The molecule has 1 atom stereocenters. The van der Waals surface area contributed by atoms with Crippen molar-refractivity contribution in [2.75, 3.05) is 18.6 Å². The fourth-order valence-corrected chi connectivity index (χ4v) is 3.40. The second-order valence-corrected chi connectivity index (χ2v) is 6.54. The molecule has 1 amide bonds. The fourth-order valence-electron chi connectivity index (χ4n) is 3.40. The van der Waals surface area contributed by atoms with E-state index in [4.69, 9.17) is 4.74 Å². The summed E-state index contributed by atoms with van der Waals surface area (Å²) in [4.78, 5) is 13.8. The van der Waals surface area contributed by atoms with Gasteiger partial charge in [0.2, 0.25) is 11.8 Å². The molecule has 0 aliphatic carbocycles. The molecular formula is C19H26N4O2. The quantitative estimate of drug-likeness (QED) is 0.877. The predicted molar refractivity (Wildman–Crippen MR) is 97.8 cm³/mol. The molecule has 1 N–H and O–H groups in total. The number of methoxy groups -OCH3 is 1. The van der Waals surface area contributed by atoms with E-state index in [0.717, 1.165) is 41.4 Å². The van der Waals surface area contributed by atoms with Crippen LogP contribution in [0.3, 0.4) is 0 Å². The van der Waals surface area contributed by atoms with E-state index in [-0.39, 0.29) is 11.9 Å². The van der Waals surface area contributed by atoms with E-state index in [2.05, 4.69) is 29.5 Å². The van der Waals surface area contributed by atoms with Gasteiger partial charge in [0.1, 0.15) is 0 Å². The summed E-state index contributed by atoms with van der Waals surface area (Å²) in [5, 5.41) is 7.95. The van der Waals surface area contributed by atoms with Crippen molar-refractivity contribution in [2.24, 2.45) is 7.05 Å². The van der Waals surface area contributed by atoms with Crippen LogP contribution in [0, 0.1) is 6.92 Å². The first-order valence-electron chi connectivity index (χ1n) is 8.71. The summed E-state index contributed by atoms with van der Waals surface area (Å²) >= 11 is 0. The van der Waals surface area contributed by atoms with E-state index >= 15 is 0 Å². The molecule has 0 spiro atoms. The van der Waals surface area contributed by atoms with Gasteiger partial charge < -0.3 is 15.0 Å². The van der Waals surface area contributed by atoms with Gasteiger partial charge in [0.25, 0.3) is 0 Å². The number of anilines is 1. The number of carbonyl (C=O) groups excluding carboxylic acids is 1. The van der Waals surface area contributed by atoms with E-state index < -0.39 is 0 Å². The highest BCUT2D eigenvalue weighted by atomic mass is 16.5. The number of rotatable bonds is 6. The monoisotopic (exact) mass is 342 g/mol. The Hall–Kier alpha value is -2.34. The van der Waals surface area contributed by atoms with Crippen LogP contribution in [0.15, 0.2) is 24.3 Å². The molecule has 1 fully saturated rings. The van der Waals surface area contributed by atoms with E-state index in [0.29, 0.717) is 13.0 Å². The topological polar surface area (TPSA) is 59.4 Å². The number of nitrogens with one attached hydrogen (secondary N) is 1. The van der Waals surface area contributed by atoms with Crippen LogP contribution in [0.2, 0.25) is 0 Å². The van der Waals surface area contributed by atoms with Crippen molar-refractivity contribution in [1.82, 2.24) is 15.1 Å². The molecule has 1 aromatic heterocycles. The van der Waals surface area contributed by atoms with E-state index in [1.807, 2.05) is 31.0 Å². The molecule has 1 aromatic carbocycles. The van der Waals surface area contributed by atoms with Crippen LogP contribution in [-0.2, 0) is 18.4 Å². The van der Waals surface area contributed by atoms with Crippen molar-refractivity contribution in [2.45, 2.75) is 39.3 Å². The standard InChI is InChI=1S/C19H26N4O2/c1-13(20-12-17-14(2)21-22(3)19(17)25-4)15-7-5-8-16(11-15)23-10-6-9-18(23)24/h5,7-8,11,13,20H,6,9-10,12H2,1-4H3/t13-/m1/s1. The number of carbonyl (C=O) groups is 1. The maximum atomic E-state index is 12.0. The number of aromatic nitrogens is 2. The minimum Gasteiger partial charge on any atom is -0.481 e. The van der Waals surface area contributed by atoms with Crippen LogP contribution in [-0.4, -0.2) is 29.3 Å². The third-order valence-corrected chi connectivity index (χ3v) is 4.82. The first-order chi connectivity index (χ1) is 12.0. The average Bonchev–Trinajstić information content (AvgIpc) is 3.15. The van der Waals surface area contributed by atoms with Gasteiger partial charge in [-0.3, -0.25) is 4.79 Å². The lowest BCUT2D eigenvalue weighted by Gasteiger charge is -2.19. The Morgan fingerprint density at radius 2 is 2.20 bits per heavy atom. The largest absolute Gasteiger partial charge is 0.481 e. The van der Waals surface area contributed by atoms with Gasteiger partial charge in [-0.1, -0.05) is 12.1 Å². The van der Waals surface area contributed by atoms with Gasteiger partial charge in [0.15, 0.2) is 0 Å². The fraction of sp³-hybridized carbons (Fsp3) is 0.474. The van der Waals surface area contributed by atoms with Gasteiger partial charge in [-0.15, -0.1) is 0 Å². The Labute approximate surface area is 148 Å². The highest BCUT2D eigenvalue weighted by molar-refractivity contribution is 5.95. The number of amides is 1. The SMILES string of the molecule is COc1c(CN[C@H](C)c2cccc(N3CCCC3=O)c2)c(C)nn1C. The first kappa shape index (κ1) is 17.5. The summed E-state index contributed by atoms with van der Waals surface area (Å²) in [5.74, 6) is 1.00. The molecule has 2 heterocycles. The lowest BCUT2D eigenvalue weighted by molar-refractivity contribution is -0.117. The minimum atomic E-state index is 0.155. The number of benzene rings is 1. The first-order valence-corrected chi connectivity index (χ1v) is 8.71. The van der Waals surface area contributed by atoms with Crippen LogP contribution in [0.5, 0.6) is 5.88 Å². The summed E-state index contributed by atoms with van der Waals surface area (Å²) in [6, 6.07) is 8.38. The Morgan fingerprint density at radius 1 is 1.40 bits per heavy atom. The smallest absolute Gasteiger partial charge is 0.227 e. The molecule has 134 valence electrons. The van der Waals surface area contributed by atoms with Crippen LogP contribution in [0.4, 0.5) is 5.69 Å². The third-order valence-electron chi connectivity index (χ3n) is 4.82. The lowest BCUT2D eigenvalue weighted by Crippen LogP contribution is -2.24. The summed E-state index contributed by atoms with van der Waals surface area (Å²) in [6.45, 7) is 5.61. The molecule has 3 rings (SSSR count). The molecule has 0 unspecified atom stereocenters. The Kier molecular flexibility index (Phi) is 5.08. The number of hydrogen-bond donors (Lipinski definition) is 1. The molecule has 0 radical (unpaired) electrons. The van der Waals surface area contributed by atoms with Crippen molar-refractivity contribution in [3.05, 3.63) is 41.1 Å². The second kappa shape index (κ2) is 7.27. The predicted octanol–water partition coefficient (Wildman–Crippen LogP) is 2.71. The molecule has 1 aliphatic rings. The summed E-state index contributed by atoms with van der Waals surface area (Å²) in [7, 11) is 3.55. The van der Waals surface area contributed by atoms with Crippen molar-refractivity contribution in [1.29, 1.82) is 0 Å². The zero-order valence-corrected chi connectivity index (χ0v) is 15.4. The van der Waals surface area contributed by atoms with Crippen LogP contribution >= 0.6 is 0 Å². The molecule has 1 aliphatic heterocycles. The third kappa shape index (κ3) is 3.54. The maximum Gasteiger partial charge on any atom is 0.227 e. The molecule has 6 nitrogen and oxygen atoms in total. The summed E-state index contributed by atoms with van der Waals surface area (Å²) in [6.07, 6.45) is 1.59. The van der Waals surface area contributed by atoms with Crippen LogP contribution in [0.25, 0.3) is 0 Å². The number of aryl methyl sites for hydroxylation is 2. The number of ether oxygens (including phenoxy) is 1. The normalized spacial score (nSPS) is 15.7. The molecular weight excluding hydrogens is 316 g/mol. The summed E-state index contributed by atoms with van der Waals surface area (Å²) in [5.41, 5.74) is 4.19. The van der Waals surface area contributed by atoms with Gasteiger partial charge in [0.05, 0.1) is 18.4 Å². The van der Waals surface area contributed by atoms with E-state index in [1.54, 1.807) is 11.8 Å². The number of nitrogens with zero attached hydrogens (tertiary/aromatic N) is 3. The van der Waals surface area contributed by atoms with Gasteiger partial charge in [-0.2, -0.15) is 5.10 Å². The van der Waals surface area contributed by atoms with Crippen molar-refractivity contribution in [3.63, 3.8) is 0 Å². The van der Waals surface area contributed by atoms with Crippen molar-refractivity contribution >= 4 is 11.6 Å². The Balaban J connectivity index is 1.72. The average molecular weight is 342 g/mol. The number of hydrogen-bond acceptors (Lipinski definition) is 4. The maximum absolute atomic E-state index is 12.0. The molecule has 1 saturated heterocycles. The molecule has 25 heavy (non-hydrogen) atoms. The Bertz CT molecular complexity index is 769. The van der Waals surface area contributed by atoms with Gasteiger partial charge in [-0.25, -0.2) is 4.68 Å². The minimum absolute atomic E-state index is 0.155. The molecule has 6 heteroatoms. The zero-order chi connectivity index (χ0) is 18.0. The highest BCUT2D eigenvalue weighted by Crippen LogP contribution is 2.26. The van der Waals surface area contributed by atoms with Gasteiger partial charge in [-0.05, 0) is 38.0 Å². The molecule has 0 bridgehead atoms. The highest BCUT2D eigenvalue weighted by Gasteiger charge is 2.22. The van der Waals surface area contributed by atoms with Crippen molar-refractivity contribution in [3.8, 4) is 5.88 Å². The van der Waals surface area contributed by atoms with Crippen LogP contribution in [0.1, 0.15) is 42.6 Å². The molecule has 2 aromatic rings.